The van der Waals surface area contributed by atoms with Crippen LogP contribution in [0.4, 0.5) is 9.59 Å². The van der Waals surface area contributed by atoms with Crippen molar-refractivity contribution in [2.24, 2.45) is 0 Å². The fraction of sp³-hybridized carbons (Fsp3) is 0.667. The first-order valence-corrected chi connectivity index (χ1v) is 32.9. The highest BCUT2D eigenvalue weighted by molar-refractivity contribution is 8.00. The molecule has 2 aromatic carbocycles. The van der Waals surface area contributed by atoms with E-state index in [1.165, 1.54) is 9.80 Å². The molecule has 24 heteroatoms. The van der Waals surface area contributed by atoms with Crippen LogP contribution in [0.5, 0.6) is 0 Å². The Kier molecular flexibility index (Phi) is 24.4. The van der Waals surface area contributed by atoms with Gasteiger partial charge in [-0.25, -0.2) is 9.59 Å². The number of fused-ring (bicyclic) bond motifs is 2. The second kappa shape index (κ2) is 32.0. The topological polar surface area (TPSA) is 280 Å². The highest BCUT2D eigenvalue weighted by Gasteiger charge is 2.44. The Morgan fingerprint density at radius 2 is 0.762 bits per heavy atom. The molecule has 4 fully saturated rings. The van der Waals surface area contributed by atoms with Gasteiger partial charge in [-0.15, -0.1) is 0 Å². The Bertz CT molecular complexity index is 2470. The molecule has 0 saturated carbocycles. The molecule has 4 saturated heterocycles. The number of unbranched alkanes of at least 4 members (excludes halogenated alkanes) is 6. The number of carbonyl (C=O) groups excluding carboxylic acids is 10. The van der Waals surface area contributed by atoms with Crippen molar-refractivity contribution < 1.29 is 47.9 Å². The highest BCUT2D eigenvalue weighted by atomic mass is 32.2. The van der Waals surface area contributed by atoms with Gasteiger partial charge in [0.1, 0.15) is 0 Å². The number of amides is 12. The zero-order valence-electron chi connectivity index (χ0n) is 49.1. The summed E-state index contributed by atoms with van der Waals surface area (Å²) >= 11 is 3.78. The van der Waals surface area contributed by atoms with Gasteiger partial charge in [-0.05, 0) is 142 Å². The lowest BCUT2D eigenvalue weighted by Gasteiger charge is -2.32. The van der Waals surface area contributed by atoms with Crippen LogP contribution in [0.3, 0.4) is 0 Å². The Morgan fingerprint density at radius 1 is 0.440 bits per heavy atom. The number of rotatable bonds is 38. The lowest BCUT2D eigenvalue weighted by atomic mass is 9.86. The first-order valence-electron chi connectivity index (χ1n) is 30.8. The van der Waals surface area contributed by atoms with Crippen molar-refractivity contribution in [2.45, 2.75) is 163 Å². The third-order valence-electron chi connectivity index (χ3n) is 17.0. The minimum absolute atomic E-state index is 0.000313. The molecule has 0 aliphatic carbocycles. The predicted octanol–water partition coefficient (Wildman–Crippen LogP) is 4.49. The Morgan fingerprint density at radius 3 is 1.12 bits per heavy atom. The summed E-state index contributed by atoms with van der Waals surface area (Å²) in [7, 11) is 3.92. The molecule has 0 radical (unpaired) electrons. The summed E-state index contributed by atoms with van der Waals surface area (Å²) in [5.74, 6) is 0.149. The minimum atomic E-state index is -0.457. The van der Waals surface area contributed by atoms with E-state index in [2.05, 4.69) is 52.3 Å². The molecular formula is C60H88N12O10S2. The quantitative estimate of drug-likeness (QED) is 0.0262. The number of imide groups is 2. The second-order valence-corrected chi connectivity index (χ2v) is 25.9. The van der Waals surface area contributed by atoms with E-state index in [0.717, 1.165) is 101 Å². The molecular weight excluding hydrogens is 1110 g/mol. The molecule has 12 amide bonds. The summed E-state index contributed by atoms with van der Waals surface area (Å²) in [4.78, 5) is 135. The van der Waals surface area contributed by atoms with Gasteiger partial charge in [0.2, 0.25) is 23.6 Å². The summed E-state index contributed by atoms with van der Waals surface area (Å²) in [5, 5.41) is 25.4. The van der Waals surface area contributed by atoms with Gasteiger partial charge in [-0.2, -0.15) is 23.5 Å². The van der Waals surface area contributed by atoms with Crippen molar-refractivity contribution in [1.82, 2.24) is 62.1 Å². The average molecular weight is 1200 g/mol. The maximum atomic E-state index is 13.9. The van der Waals surface area contributed by atoms with Gasteiger partial charge in [0.25, 0.3) is 23.6 Å². The molecule has 22 nitrogen and oxygen atoms in total. The van der Waals surface area contributed by atoms with Gasteiger partial charge in [0.05, 0.1) is 24.2 Å². The van der Waals surface area contributed by atoms with Gasteiger partial charge >= 0.3 is 12.1 Å². The van der Waals surface area contributed by atoms with Crippen LogP contribution >= 0.6 is 23.5 Å². The minimum Gasteiger partial charge on any atom is -0.356 e. The normalized spacial score (nSPS) is 21.2. The monoisotopic (exact) mass is 1200 g/mol. The Labute approximate surface area is 502 Å². The number of urea groups is 2. The van der Waals surface area contributed by atoms with Crippen molar-refractivity contribution >= 4 is 93.6 Å². The van der Waals surface area contributed by atoms with E-state index in [4.69, 9.17) is 0 Å². The van der Waals surface area contributed by atoms with Gasteiger partial charge in [0, 0.05) is 120 Å². The van der Waals surface area contributed by atoms with Gasteiger partial charge < -0.3 is 52.3 Å². The molecule has 8 rings (SSSR count). The van der Waals surface area contributed by atoms with Gasteiger partial charge in [-0.1, -0.05) is 25.7 Å². The van der Waals surface area contributed by atoms with Crippen molar-refractivity contribution in [1.29, 1.82) is 0 Å². The van der Waals surface area contributed by atoms with Gasteiger partial charge in [0.15, 0.2) is 0 Å². The van der Waals surface area contributed by atoms with Crippen LogP contribution in [0.2, 0.25) is 0 Å². The third-order valence-corrected chi connectivity index (χ3v) is 20.0. The van der Waals surface area contributed by atoms with Crippen LogP contribution in [0.15, 0.2) is 24.3 Å². The molecule has 6 atom stereocenters. The lowest BCUT2D eigenvalue weighted by Crippen LogP contribution is -2.44. The SMILES string of the molecule is CN(CCCNC(=O)CCCCCNC(=O)CCCCC1SCC2NC(=O)NC21)CCCN1C(=O)c2ccc3c4c(ccc(c24)C1=O)C(=O)N(CCCN(C)CCCNC(=O)CCCCCNC(=O)CCCCC1SCC2NC(=O)NC21)C3=O. The van der Waals surface area contributed by atoms with E-state index < -0.39 is 23.6 Å². The van der Waals surface area contributed by atoms with Crippen molar-refractivity contribution in [3.63, 3.8) is 0 Å². The summed E-state index contributed by atoms with van der Waals surface area (Å²) in [6.45, 7) is 5.31. The maximum Gasteiger partial charge on any atom is 0.315 e. The van der Waals surface area contributed by atoms with E-state index in [-0.39, 0.29) is 95.2 Å². The number of thioether (sulfide) groups is 2. The Hall–Kier alpha value is -5.98. The third kappa shape index (κ3) is 17.6. The van der Waals surface area contributed by atoms with Crippen LogP contribution in [0.25, 0.3) is 10.8 Å². The van der Waals surface area contributed by atoms with Crippen LogP contribution in [-0.2, 0) is 19.2 Å². The molecule has 460 valence electrons. The predicted molar refractivity (Wildman–Crippen MR) is 325 cm³/mol. The van der Waals surface area contributed by atoms with Crippen molar-refractivity contribution in [3.8, 4) is 0 Å². The van der Waals surface area contributed by atoms with E-state index >= 15 is 0 Å². The first kappa shape index (κ1) is 64.0. The van der Waals surface area contributed by atoms with E-state index in [1.54, 1.807) is 24.3 Å². The number of nitrogens with zero attached hydrogens (tertiary/aromatic N) is 4. The van der Waals surface area contributed by atoms with E-state index in [1.807, 2.05) is 37.6 Å². The highest BCUT2D eigenvalue weighted by Crippen LogP contribution is 2.39. The smallest absolute Gasteiger partial charge is 0.315 e. The first-order chi connectivity index (χ1) is 40.7. The zero-order valence-corrected chi connectivity index (χ0v) is 50.7. The molecule has 0 aromatic heterocycles. The number of benzene rings is 2. The summed E-state index contributed by atoms with van der Waals surface area (Å²) in [5.41, 5.74) is 1.16. The van der Waals surface area contributed by atoms with Crippen LogP contribution in [0.1, 0.15) is 170 Å². The molecule has 0 spiro atoms. The fourth-order valence-electron chi connectivity index (χ4n) is 12.3. The van der Waals surface area contributed by atoms with Crippen LogP contribution in [0, 0.1) is 0 Å². The van der Waals surface area contributed by atoms with Crippen LogP contribution < -0.4 is 42.5 Å². The van der Waals surface area contributed by atoms with E-state index in [9.17, 15) is 47.9 Å². The Balaban J connectivity index is 0.626. The molecule has 6 aliphatic heterocycles. The molecule has 8 N–H and O–H groups in total. The molecule has 84 heavy (non-hydrogen) atoms. The number of carbonyl (C=O) groups is 10. The summed E-state index contributed by atoms with van der Waals surface area (Å²) < 4.78 is 0. The number of hydrogen-bond donors (Lipinski definition) is 8. The average Bonchev–Trinajstić information content (AvgIpc) is 1.06. The molecule has 0 bridgehead atoms. The van der Waals surface area contributed by atoms with E-state index in [0.29, 0.717) is 112 Å². The van der Waals surface area contributed by atoms with Gasteiger partial charge in [-0.3, -0.25) is 48.2 Å². The molecule has 6 unspecified atom stereocenters. The maximum absolute atomic E-state index is 13.9. The largest absolute Gasteiger partial charge is 0.356 e. The number of hydrogen-bond acceptors (Lipinski definition) is 14. The van der Waals surface area contributed by atoms with Crippen molar-refractivity contribution in [3.05, 3.63) is 46.5 Å². The lowest BCUT2D eigenvalue weighted by molar-refractivity contribution is -0.122. The molecule has 2 aromatic rings. The standard InChI is InChI=1S/C60H88N12O10S2/c1-69(31-13-29-63-47(73)19-5-3-11-27-61-49(75)21-9-7-17-45-53-43(37-83-45)65-59(81)67-53)33-15-35-71-55(77)39-23-25-41-52-42(26-24-40(51(39)52)56(71)78)58(80)72(57(41)79)36-16-34-70(2)32-14-30-64-48(74)20-6-4-12-28-62-50(76)22-10-8-18-46-54-44(38-84-46)66-60(82)68-54/h23-26,43-46,53-54H,3-22,27-38H2,1-2H3,(H,61,75)(H,62,76)(H,63,73)(H,64,74)(H2,65,67,81)(H2,66,68,82). The van der Waals surface area contributed by atoms with Crippen LogP contribution in [-0.4, -0.2) is 205 Å². The fourth-order valence-corrected chi connectivity index (χ4v) is 15.4. The van der Waals surface area contributed by atoms with Crippen molar-refractivity contribution in [2.75, 3.05) is 91.0 Å². The zero-order chi connectivity index (χ0) is 59.5. The molecule has 6 heterocycles. The molecule has 6 aliphatic rings. The summed E-state index contributed by atoms with van der Waals surface area (Å²) in [6.07, 6.45) is 14.7. The summed E-state index contributed by atoms with van der Waals surface area (Å²) in [6, 6.07) is 7.03. The number of nitrogens with one attached hydrogen (secondary N) is 8. The second-order valence-electron chi connectivity index (χ2n) is 23.4.